The zero-order valence-electron chi connectivity index (χ0n) is 11.6. The summed E-state index contributed by atoms with van der Waals surface area (Å²) in [6, 6.07) is -0.0971. The lowest BCUT2D eigenvalue weighted by molar-refractivity contribution is 0.111. The Hall–Kier alpha value is -1.07. The quantitative estimate of drug-likeness (QED) is 0.871. The Bertz CT molecular complexity index is 425. The largest absolute Gasteiger partial charge is 0.376 e. The smallest absolute Gasteiger partial charge is 0.314 e. The molecule has 0 aliphatic carbocycles. The van der Waals surface area contributed by atoms with Crippen molar-refractivity contribution in [3.8, 4) is 0 Å². The minimum absolute atomic E-state index is 0.0971. The number of hydrogen-bond donors (Lipinski definition) is 2. The molecule has 0 spiro atoms. The molecule has 1 atom stereocenters. The van der Waals surface area contributed by atoms with Gasteiger partial charge in [-0.05, 0) is 49.6 Å². The van der Waals surface area contributed by atoms with Crippen molar-refractivity contribution in [1.82, 2.24) is 10.6 Å². The van der Waals surface area contributed by atoms with E-state index in [9.17, 15) is 4.79 Å². The lowest BCUT2D eigenvalue weighted by Crippen LogP contribution is -2.40. The molecule has 1 aliphatic rings. The van der Waals surface area contributed by atoms with E-state index < -0.39 is 0 Å². The summed E-state index contributed by atoms with van der Waals surface area (Å²) >= 11 is 1.77. The number of carbonyl (C=O) groups excluding carboxylic acids is 1. The summed E-state index contributed by atoms with van der Waals surface area (Å²) in [6.07, 6.45) is 3.24. The standard InChI is InChI=1S/C14H22N2O2S/c1-10-11(2)19-9-12(10)5-6-15-14(17)16-8-13-4-3-7-18-13/h9,13H,3-8H2,1-2H3,(H2,15,16,17). The SMILES string of the molecule is Cc1scc(CCNC(=O)NCC2CCCO2)c1C. The zero-order chi connectivity index (χ0) is 13.7. The van der Waals surface area contributed by atoms with Crippen LogP contribution in [0.2, 0.25) is 0 Å². The number of nitrogens with one attached hydrogen (secondary N) is 2. The van der Waals surface area contributed by atoms with Crippen LogP contribution in [0, 0.1) is 13.8 Å². The van der Waals surface area contributed by atoms with Gasteiger partial charge in [0.15, 0.2) is 0 Å². The van der Waals surface area contributed by atoms with Gasteiger partial charge in [-0.3, -0.25) is 0 Å². The number of hydrogen-bond acceptors (Lipinski definition) is 3. The van der Waals surface area contributed by atoms with E-state index in [2.05, 4.69) is 29.9 Å². The highest BCUT2D eigenvalue weighted by atomic mass is 32.1. The van der Waals surface area contributed by atoms with Gasteiger partial charge in [0.2, 0.25) is 0 Å². The van der Waals surface area contributed by atoms with E-state index in [-0.39, 0.29) is 12.1 Å². The molecule has 1 aromatic heterocycles. The van der Waals surface area contributed by atoms with Gasteiger partial charge >= 0.3 is 6.03 Å². The summed E-state index contributed by atoms with van der Waals surface area (Å²) in [5, 5.41) is 7.93. The summed E-state index contributed by atoms with van der Waals surface area (Å²) in [5.41, 5.74) is 2.69. The van der Waals surface area contributed by atoms with Crippen LogP contribution in [0.25, 0.3) is 0 Å². The van der Waals surface area contributed by atoms with Gasteiger partial charge < -0.3 is 15.4 Å². The predicted molar refractivity (Wildman–Crippen MR) is 77.9 cm³/mol. The average Bonchev–Trinajstić information content (AvgIpc) is 3.01. The maximum absolute atomic E-state index is 11.6. The Balaban J connectivity index is 1.62. The second-order valence-corrected chi connectivity index (χ2v) is 6.05. The predicted octanol–water partition coefficient (Wildman–Crippen LogP) is 2.39. The molecule has 0 bridgehead atoms. The van der Waals surface area contributed by atoms with Crippen LogP contribution in [0.4, 0.5) is 4.79 Å². The van der Waals surface area contributed by atoms with Gasteiger partial charge in [0.1, 0.15) is 0 Å². The number of rotatable bonds is 5. The van der Waals surface area contributed by atoms with Crippen molar-refractivity contribution in [2.24, 2.45) is 0 Å². The highest BCUT2D eigenvalue weighted by Crippen LogP contribution is 2.20. The van der Waals surface area contributed by atoms with Crippen molar-refractivity contribution in [1.29, 1.82) is 0 Å². The van der Waals surface area contributed by atoms with Crippen molar-refractivity contribution in [3.63, 3.8) is 0 Å². The van der Waals surface area contributed by atoms with E-state index in [1.54, 1.807) is 11.3 Å². The van der Waals surface area contributed by atoms with Crippen LogP contribution in [0.5, 0.6) is 0 Å². The number of carbonyl (C=O) groups is 1. The minimum atomic E-state index is -0.0971. The van der Waals surface area contributed by atoms with Crippen molar-refractivity contribution in [2.75, 3.05) is 19.7 Å². The first kappa shape index (κ1) is 14.3. The van der Waals surface area contributed by atoms with Crippen molar-refractivity contribution in [2.45, 2.75) is 39.2 Å². The van der Waals surface area contributed by atoms with E-state index in [1.165, 1.54) is 16.0 Å². The van der Waals surface area contributed by atoms with Crippen molar-refractivity contribution < 1.29 is 9.53 Å². The number of aryl methyl sites for hydroxylation is 1. The van der Waals surface area contributed by atoms with Gasteiger partial charge in [-0.15, -0.1) is 11.3 Å². The molecule has 1 fully saturated rings. The molecule has 2 N–H and O–H groups in total. The van der Waals surface area contributed by atoms with Crippen LogP contribution in [-0.2, 0) is 11.2 Å². The van der Waals surface area contributed by atoms with Crippen LogP contribution in [0.15, 0.2) is 5.38 Å². The fourth-order valence-corrected chi connectivity index (χ4v) is 3.12. The summed E-state index contributed by atoms with van der Waals surface area (Å²) in [5.74, 6) is 0. The molecule has 2 rings (SSSR count). The van der Waals surface area contributed by atoms with Crippen molar-refractivity contribution in [3.05, 3.63) is 21.4 Å². The second-order valence-electron chi connectivity index (χ2n) is 4.96. The number of ether oxygens (including phenoxy) is 1. The Kier molecular flexibility index (Phi) is 5.22. The molecule has 2 heterocycles. The molecule has 106 valence electrons. The van der Waals surface area contributed by atoms with Gasteiger partial charge in [0.05, 0.1) is 6.10 Å². The van der Waals surface area contributed by atoms with Crippen molar-refractivity contribution >= 4 is 17.4 Å². The maximum atomic E-state index is 11.6. The first-order chi connectivity index (χ1) is 9.16. The van der Waals surface area contributed by atoms with Crippen LogP contribution in [-0.4, -0.2) is 31.8 Å². The fourth-order valence-electron chi connectivity index (χ4n) is 2.19. The summed E-state index contributed by atoms with van der Waals surface area (Å²) < 4.78 is 5.45. The van der Waals surface area contributed by atoms with E-state index in [0.717, 1.165) is 25.9 Å². The first-order valence-corrected chi connectivity index (χ1v) is 7.71. The number of urea groups is 1. The molecule has 1 saturated heterocycles. The molecule has 1 unspecified atom stereocenters. The molecule has 5 heteroatoms. The molecule has 1 aromatic rings. The Labute approximate surface area is 118 Å². The number of amides is 2. The number of thiophene rings is 1. The third kappa shape index (κ3) is 4.21. The second kappa shape index (κ2) is 6.91. The van der Waals surface area contributed by atoms with Crippen LogP contribution >= 0.6 is 11.3 Å². The molecule has 1 aliphatic heterocycles. The lowest BCUT2D eigenvalue weighted by atomic mass is 10.1. The van der Waals surface area contributed by atoms with Crippen LogP contribution in [0.3, 0.4) is 0 Å². The molecule has 0 saturated carbocycles. The molecular weight excluding hydrogens is 260 g/mol. The lowest BCUT2D eigenvalue weighted by Gasteiger charge is -2.11. The molecule has 4 nitrogen and oxygen atoms in total. The third-order valence-corrected chi connectivity index (χ3v) is 4.64. The van der Waals surface area contributed by atoms with Gasteiger partial charge in [-0.25, -0.2) is 4.79 Å². The van der Waals surface area contributed by atoms with E-state index in [4.69, 9.17) is 4.74 Å². The molecule has 0 radical (unpaired) electrons. The van der Waals surface area contributed by atoms with E-state index in [0.29, 0.717) is 13.1 Å². The topological polar surface area (TPSA) is 50.4 Å². The molecule has 0 aromatic carbocycles. The Morgan fingerprint density at radius 2 is 2.32 bits per heavy atom. The molecule has 19 heavy (non-hydrogen) atoms. The van der Waals surface area contributed by atoms with Gasteiger partial charge in [0, 0.05) is 24.6 Å². The third-order valence-electron chi connectivity index (χ3n) is 3.58. The van der Waals surface area contributed by atoms with E-state index in [1.807, 2.05) is 0 Å². The minimum Gasteiger partial charge on any atom is -0.376 e. The average molecular weight is 282 g/mol. The fraction of sp³-hybridized carbons (Fsp3) is 0.643. The van der Waals surface area contributed by atoms with Gasteiger partial charge in [-0.2, -0.15) is 0 Å². The summed E-state index contributed by atoms with van der Waals surface area (Å²) in [6.45, 7) is 6.38. The van der Waals surface area contributed by atoms with E-state index >= 15 is 0 Å². The van der Waals surface area contributed by atoms with Gasteiger partial charge in [0.25, 0.3) is 0 Å². The Morgan fingerprint density at radius 1 is 1.47 bits per heavy atom. The normalized spacial score (nSPS) is 18.5. The zero-order valence-corrected chi connectivity index (χ0v) is 12.4. The van der Waals surface area contributed by atoms with Gasteiger partial charge in [-0.1, -0.05) is 0 Å². The summed E-state index contributed by atoms with van der Waals surface area (Å²) in [7, 11) is 0. The van der Waals surface area contributed by atoms with Crippen LogP contribution < -0.4 is 10.6 Å². The van der Waals surface area contributed by atoms with Crippen LogP contribution in [0.1, 0.15) is 28.8 Å². The maximum Gasteiger partial charge on any atom is 0.314 e. The monoisotopic (exact) mass is 282 g/mol. The highest BCUT2D eigenvalue weighted by molar-refractivity contribution is 7.10. The first-order valence-electron chi connectivity index (χ1n) is 6.83. The highest BCUT2D eigenvalue weighted by Gasteiger charge is 2.15. The Morgan fingerprint density at radius 3 is 2.95 bits per heavy atom. The molecule has 2 amide bonds. The molecular formula is C14H22N2O2S. The summed E-state index contributed by atoms with van der Waals surface area (Å²) in [4.78, 5) is 13.0.